The maximum Gasteiger partial charge on any atom is 0.311 e. The molecule has 0 radical (unpaired) electrons. The van der Waals surface area contributed by atoms with Crippen molar-refractivity contribution in [2.75, 3.05) is 0 Å². The van der Waals surface area contributed by atoms with E-state index in [0.29, 0.717) is 63.1 Å². The van der Waals surface area contributed by atoms with E-state index in [4.69, 9.17) is 9.47 Å². The number of benzene rings is 6. The Kier molecular flexibility index (Phi) is 8.32. The first-order valence-corrected chi connectivity index (χ1v) is 15.4. The SMILES string of the molecule is O=C1CCCCCC(=O)Oc2ccc3cc(-c4cc(F)c(F)c(F)c4)ccc3c2-c2c(ccc3cc(-c4cc(F)c(F)c(F)c4)ccc23)O1. The number of hydrogen-bond acceptors (Lipinski definition) is 4. The van der Waals surface area contributed by atoms with Gasteiger partial charge in [0.25, 0.3) is 0 Å². The zero-order valence-corrected chi connectivity index (χ0v) is 25.5. The zero-order valence-electron chi connectivity index (χ0n) is 25.5. The van der Waals surface area contributed by atoms with E-state index in [-0.39, 0.29) is 35.5 Å². The average Bonchev–Trinajstić information content (AvgIpc) is 3.09. The fourth-order valence-corrected chi connectivity index (χ4v) is 6.17. The van der Waals surface area contributed by atoms with Crippen LogP contribution in [0.3, 0.4) is 0 Å². The summed E-state index contributed by atoms with van der Waals surface area (Å²) in [5.74, 6) is -9.23. The molecule has 246 valence electrons. The second-order valence-electron chi connectivity index (χ2n) is 11.8. The lowest BCUT2D eigenvalue weighted by molar-refractivity contribution is -0.135. The van der Waals surface area contributed by atoms with Gasteiger partial charge in [-0.1, -0.05) is 42.8 Å². The van der Waals surface area contributed by atoms with E-state index >= 15 is 0 Å². The third-order valence-corrected chi connectivity index (χ3v) is 8.56. The van der Waals surface area contributed by atoms with Crippen molar-refractivity contribution in [2.45, 2.75) is 32.1 Å². The second-order valence-corrected chi connectivity index (χ2v) is 11.8. The van der Waals surface area contributed by atoms with Crippen LogP contribution in [0.25, 0.3) is 54.9 Å². The minimum absolute atomic E-state index is 0.0923. The standard InChI is InChI=1S/C39H24F6O4/c40-28-16-24(17-29(41)38(28)44)20-6-10-26-22(14-20)8-12-32-36(26)37-27-11-7-21(25-18-30(42)39(45)31(43)19-25)15-23(27)9-13-33(37)49-35(47)5-3-1-2-4-34(46)48-32/h6-19H,1-5H2. The van der Waals surface area contributed by atoms with Crippen molar-refractivity contribution in [1.29, 1.82) is 0 Å². The summed E-state index contributed by atoms with van der Waals surface area (Å²) in [7, 11) is 0. The Morgan fingerprint density at radius 3 is 1.20 bits per heavy atom. The molecular formula is C39H24F6O4. The molecular weight excluding hydrogens is 646 g/mol. The van der Waals surface area contributed by atoms with Crippen LogP contribution in [0.5, 0.6) is 11.5 Å². The number of ether oxygens (including phenoxy) is 2. The van der Waals surface area contributed by atoms with E-state index < -0.39 is 46.8 Å². The molecule has 0 saturated carbocycles. The van der Waals surface area contributed by atoms with Gasteiger partial charge in [-0.2, -0.15) is 0 Å². The van der Waals surface area contributed by atoms with Crippen LogP contribution in [0, 0.1) is 34.9 Å². The number of hydrogen-bond donors (Lipinski definition) is 0. The summed E-state index contributed by atoms with van der Waals surface area (Å²) < 4.78 is 95.7. The van der Waals surface area contributed by atoms with Crippen molar-refractivity contribution in [2.24, 2.45) is 0 Å². The molecule has 1 aliphatic rings. The second kappa shape index (κ2) is 12.8. The molecule has 49 heavy (non-hydrogen) atoms. The van der Waals surface area contributed by atoms with E-state index in [0.717, 1.165) is 24.3 Å². The topological polar surface area (TPSA) is 52.6 Å². The summed E-state index contributed by atoms with van der Waals surface area (Å²) in [5.41, 5.74) is 1.67. The maximum absolute atomic E-state index is 14.1. The minimum Gasteiger partial charge on any atom is -0.426 e. The van der Waals surface area contributed by atoms with Crippen LogP contribution in [-0.4, -0.2) is 11.9 Å². The monoisotopic (exact) mass is 670 g/mol. The molecule has 6 aromatic carbocycles. The molecule has 0 unspecified atom stereocenters. The van der Waals surface area contributed by atoms with Crippen molar-refractivity contribution >= 4 is 33.5 Å². The molecule has 10 heteroatoms. The Morgan fingerprint density at radius 2 is 0.816 bits per heavy atom. The van der Waals surface area contributed by atoms with Crippen molar-refractivity contribution in [1.82, 2.24) is 0 Å². The molecule has 0 amide bonds. The molecule has 0 atom stereocenters. The van der Waals surface area contributed by atoms with Gasteiger partial charge >= 0.3 is 11.9 Å². The van der Waals surface area contributed by atoms with Gasteiger partial charge < -0.3 is 9.47 Å². The van der Waals surface area contributed by atoms with Crippen molar-refractivity contribution in [3.63, 3.8) is 0 Å². The molecule has 7 rings (SSSR count). The van der Waals surface area contributed by atoms with Gasteiger partial charge in [0, 0.05) is 24.0 Å². The lowest BCUT2D eigenvalue weighted by atomic mass is 9.90. The Bertz CT molecular complexity index is 2130. The van der Waals surface area contributed by atoms with Gasteiger partial charge in [-0.25, -0.2) is 26.3 Å². The molecule has 4 nitrogen and oxygen atoms in total. The van der Waals surface area contributed by atoms with E-state index in [1.807, 2.05) is 0 Å². The molecule has 0 aromatic heterocycles. The fourth-order valence-electron chi connectivity index (χ4n) is 6.17. The van der Waals surface area contributed by atoms with Gasteiger partial charge in [-0.3, -0.25) is 9.59 Å². The molecule has 0 aliphatic carbocycles. The summed E-state index contributed by atoms with van der Waals surface area (Å²) in [5, 5.41) is 2.13. The highest BCUT2D eigenvalue weighted by atomic mass is 19.2. The third kappa shape index (κ3) is 6.10. The lowest BCUT2D eigenvalue weighted by Crippen LogP contribution is -2.09. The molecule has 0 spiro atoms. The van der Waals surface area contributed by atoms with Gasteiger partial charge in [0.1, 0.15) is 11.5 Å². The first kappa shape index (κ1) is 31.9. The highest BCUT2D eigenvalue weighted by molar-refractivity contribution is 6.11. The first-order valence-electron chi connectivity index (χ1n) is 15.4. The highest BCUT2D eigenvalue weighted by Gasteiger charge is 2.24. The van der Waals surface area contributed by atoms with E-state index in [1.165, 1.54) is 0 Å². The summed E-state index contributed by atoms with van der Waals surface area (Å²) in [6, 6.07) is 19.7. The summed E-state index contributed by atoms with van der Waals surface area (Å²) >= 11 is 0. The number of esters is 2. The Balaban J connectivity index is 1.49. The third-order valence-electron chi connectivity index (χ3n) is 8.56. The van der Waals surface area contributed by atoms with Crippen LogP contribution in [0.2, 0.25) is 0 Å². The van der Waals surface area contributed by atoms with Gasteiger partial charge in [0.15, 0.2) is 34.9 Å². The Morgan fingerprint density at radius 1 is 0.429 bits per heavy atom. The Hall–Kier alpha value is -5.64. The first-order chi connectivity index (χ1) is 23.6. The number of fused-ring (bicyclic) bond motifs is 7. The summed E-state index contributed by atoms with van der Waals surface area (Å²) in [4.78, 5) is 26.0. The minimum atomic E-state index is -1.59. The number of rotatable bonds is 2. The summed E-state index contributed by atoms with van der Waals surface area (Å²) in [6.45, 7) is 0. The van der Waals surface area contributed by atoms with Crippen LogP contribution in [0.4, 0.5) is 26.3 Å². The van der Waals surface area contributed by atoms with Crippen molar-refractivity contribution in [3.05, 3.63) is 120 Å². The Labute approximate surface area is 275 Å². The quantitative estimate of drug-likeness (QED) is 0.0796. The van der Waals surface area contributed by atoms with E-state index in [2.05, 4.69) is 0 Å². The van der Waals surface area contributed by atoms with Crippen LogP contribution >= 0.6 is 0 Å². The maximum atomic E-state index is 14.1. The number of carbonyl (C=O) groups excluding carboxylic acids is 2. The number of carbonyl (C=O) groups is 2. The predicted molar refractivity (Wildman–Crippen MR) is 172 cm³/mol. The highest BCUT2D eigenvalue weighted by Crippen LogP contribution is 2.47. The largest absolute Gasteiger partial charge is 0.426 e. The molecule has 0 N–H and O–H groups in total. The van der Waals surface area contributed by atoms with Crippen LogP contribution in [0.1, 0.15) is 32.1 Å². The molecule has 1 heterocycles. The molecule has 6 aromatic rings. The van der Waals surface area contributed by atoms with Gasteiger partial charge in [0.05, 0.1) is 0 Å². The summed E-state index contributed by atoms with van der Waals surface area (Å²) in [6.07, 6.45) is 1.78. The predicted octanol–water partition coefficient (Wildman–Crippen LogP) is 10.6. The molecule has 0 saturated heterocycles. The van der Waals surface area contributed by atoms with Gasteiger partial charge in [-0.05, 0) is 105 Å². The van der Waals surface area contributed by atoms with Crippen molar-refractivity contribution in [3.8, 4) is 44.9 Å². The molecule has 0 bridgehead atoms. The van der Waals surface area contributed by atoms with E-state index in [1.54, 1.807) is 60.7 Å². The van der Waals surface area contributed by atoms with Crippen LogP contribution < -0.4 is 9.47 Å². The zero-order chi connectivity index (χ0) is 34.4. The normalized spacial score (nSPS) is 13.9. The van der Waals surface area contributed by atoms with Gasteiger partial charge in [0.2, 0.25) is 0 Å². The lowest BCUT2D eigenvalue weighted by Gasteiger charge is -2.19. The number of halogens is 6. The van der Waals surface area contributed by atoms with Crippen LogP contribution in [0.15, 0.2) is 84.9 Å². The van der Waals surface area contributed by atoms with Crippen LogP contribution in [-0.2, 0) is 9.59 Å². The molecule has 1 aliphatic heterocycles. The van der Waals surface area contributed by atoms with E-state index in [9.17, 15) is 35.9 Å². The molecule has 0 fully saturated rings. The smallest absolute Gasteiger partial charge is 0.311 e. The fraction of sp³-hybridized carbons (Fsp3) is 0.128. The van der Waals surface area contributed by atoms with Crippen molar-refractivity contribution < 1.29 is 45.4 Å². The average molecular weight is 671 g/mol. The van der Waals surface area contributed by atoms with Gasteiger partial charge in [-0.15, -0.1) is 0 Å².